The molecule has 7 heteroatoms. The first-order chi connectivity index (χ1) is 12.1. The highest BCUT2D eigenvalue weighted by Crippen LogP contribution is 2.25. The Morgan fingerprint density at radius 1 is 1.32 bits per heavy atom. The first-order valence-corrected chi connectivity index (χ1v) is 8.70. The first-order valence-electron chi connectivity index (χ1n) is 7.91. The molecule has 130 valence electrons. The molecule has 0 bridgehead atoms. The van der Waals surface area contributed by atoms with Gasteiger partial charge < -0.3 is 14.5 Å². The number of aromatic nitrogens is 2. The summed E-state index contributed by atoms with van der Waals surface area (Å²) in [6, 6.07) is 13.4. The minimum atomic E-state index is -0.660. The van der Waals surface area contributed by atoms with Gasteiger partial charge in [-0.05, 0) is 47.1 Å². The summed E-state index contributed by atoms with van der Waals surface area (Å²) in [6.45, 7) is 2.18. The van der Waals surface area contributed by atoms with Crippen molar-refractivity contribution in [3.8, 4) is 11.6 Å². The van der Waals surface area contributed by atoms with Gasteiger partial charge in [0.15, 0.2) is 6.10 Å². The molecule has 0 fully saturated rings. The molecule has 1 amide bonds. The van der Waals surface area contributed by atoms with Crippen LogP contribution in [0.5, 0.6) is 5.88 Å². The maximum atomic E-state index is 12.1. The second-order valence-corrected chi connectivity index (χ2v) is 6.30. The van der Waals surface area contributed by atoms with Crippen LogP contribution in [0, 0.1) is 0 Å². The number of benzene rings is 1. The SMILES string of the molecule is C[C@H](Oc1nn(-c2ccccc2)cc1Br)C(=O)NCCc1ccco1. The Morgan fingerprint density at radius 2 is 2.12 bits per heavy atom. The van der Waals surface area contributed by atoms with E-state index >= 15 is 0 Å². The molecule has 0 aliphatic heterocycles. The molecule has 2 heterocycles. The third-order valence-corrected chi connectivity index (χ3v) is 4.11. The Balaban J connectivity index is 1.56. The summed E-state index contributed by atoms with van der Waals surface area (Å²) in [5.41, 5.74) is 0.911. The Hall–Kier alpha value is -2.54. The maximum absolute atomic E-state index is 12.1. The number of rotatable bonds is 7. The zero-order chi connectivity index (χ0) is 17.6. The zero-order valence-electron chi connectivity index (χ0n) is 13.7. The van der Waals surface area contributed by atoms with Crippen LogP contribution >= 0.6 is 15.9 Å². The number of furan rings is 1. The average molecular weight is 404 g/mol. The Kier molecular flexibility index (Phi) is 5.55. The fourth-order valence-corrected chi connectivity index (χ4v) is 2.63. The third kappa shape index (κ3) is 4.51. The van der Waals surface area contributed by atoms with E-state index in [9.17, 15) is 4.79 Å². The molecule has 0 unspecified atom stereocenters. The van der Waals surface area contributed by atoms with E-state index in [1.165, 1.54) is 0 Å². The summed E-state index contributed by atoms with van der Waals surface area (Å²) in [5.74, 6) is 1.00. The molecule has 0 saturated carbocycles. The predicted molar refractivity (Wildman–Crippen MR) is 96.8 cm³/mol. The molecular weight excluding hydrogens is 386 g/mol. The van der Waals surface area contributed by atoms with Crippen molar-refractivity contribution in [2.45, 2.75) is 19.4 Å². The maximum Gasteiger partial charge on any atom is 0.260 e. The lowest BCUT2D eigenvalue weighted by Crippen LogP contribution is -2.37. The molecule has 0 aliphatic rings. The molecule has 3 rings (SSSR count). The van der Waals surface area contributed by atoms with E-state index in [4.69, 9.17) is 9.15 Å². The summed E-state index contributed by atoms with van der Waals surface area (Å²) in [7, 11) is 0. The average Bonchev–Trinajstić information content (AvgIpc) is 3.26. The smallest absolute Gasteiger partial charge is 0.260 e. The van der Waals surface area contributed by atoms with Crippen molar-refractivity contribution in [3.63, 3.8) is 0 Å². The van der Waals surface area contributed by atoms with Crippen LogP contribution in [-0.2, 0) is 11.2 Å². The molecule has 3 aromatic rings. The third-order valence-electron chi connectivity index (χ3n) is 3.57. The lowest BCUT2D eigenvalue weighted by Gasteiger charge is -2.13. The predicted octanol–water partition coefficient (Wildman–Crippen LogP) is 3.35. The molecule has 2 aromatic heterocycles. The number of para-hydroxylation sites is 1. The molecule has 25 heavy (non-hydrogen) atoms. The highest BCUT2D eigenvalue weighted by atomic mass is 79.9. The number of hydrogen-bond donors (Lipinski definition) is 1. The van der Waals surface area contributed by atoms with E-state index in [-0.39, 0.29) is 5.91 Å². The topological polar surface area (TPSA) is 69.3 Å². The molecule has 1 N–H and O–H groups in total. The van der Waals surface area contributed by atoms with Crippen LogP contribution in [0.3, 0.4) is 0 Å². The van der Waals surface area contributed by atoms with Gasteiger partial charge in [0, 0.05) is 19.2 Å². The highest BCUT2D eigenvalue weighted by molar-refractivity contribution is 9.10. The molecule has 0 saturated heterocycles. The highest BCUT2D eigenvalue weighted by Gasteiger charge is 2.18. The van der Waals surface area contributed by atoms with Gasteiger partial charge in [-0.15, -0.1) is 5.10 Å². The van der Waals surface area contributed by atoms with Crippen molar-refractivity contribution in [3.05, 3.63) is 65.2 Å². The van der Waals surface area contributed by atoms with Gasteiger partial charge in [-0.2, -0.15) is 0 Å². The lowest BCUT2D eigenvalue weighted by molar-refractivity contribution is -0.127. The molecule has 0 spiro atoms. The van der Waals surface area contributed by atoms with Gasteiger partial charge in [0.25, 0.3) is 5.91 Å². The van der Waals surface area contributed by atoms with Crippen LogP contribution in [0.2, 0.25) is 0 Å². The number of nitrogens with one attached hydrogen (secondary N) is 1. The summed E-state index contributed by atoms with van der Waals surface area (Å²) in [5, 5.41) is 7.20. The van der Waals surface area contributed by atoms with E-state index in [0.717, 1.165) is 11.4 Å². The normalized spacial score (nSPS) is 11.9. The Bertz CT molecular complexity index is 815. The largest absolute Gasteiger partial charge is 0.469 e. The number of ether oxygens (including phenoxy) is 1. The van der Waals surface area contributed by atoms with E-state index in [0.29, 0.717) is 23.3 Å². The fourth-order valence-electron chi connectivity index (χ4n) is 2.26. The van der Waals surface area contributed by atoms with Crippen molar-refractivity contribution < 1.29 is 13.9 Å². The molecule has 6 nitrogen and oxygen atoms in total. The standard InChI is InChI=1S/C18H18BrN3O3/c1-13(17(23)20-10-9-15-8-5-11-24-15)25-18-16(19)12-22(21-18)14-6-3-2-4-7-14/h2-8,11-13H,9-10H2,1H3,(H,20,23)/t13-/m0/s1. The van der Waals surface area contributed by atoms with Gasteiger partial charge in [-0.3, -0.25) is 4.79 Å². The van der Waals surface area contributed by atoms with Crippen LogP contribution in [0.1, 0.15) is 12.7 Å². The van der Waals surface area contributed by atoms with E-state index in [1.807, 2.05) is 42.5 Å². The van der Waals surface area contributed by atoms with Crippen molar-refractivity contribution in [1.82, 2.24) is 15.1 Å². The van der Waals surface area contributed by atoms with Crippen LogP contribution < -0.4 is 10.1 Å². The summed E-state index contributed by atoms with van der Waals surface area (Å²) >= 11 is 3.42. The van der Waals surface area contributed by atoms with E-state index < -0.39 is 6.10 Å². The minimum Gasteiger partial charge on any atom is -0.469 e. The number of nitrogens with zero attached hydrogens (tertiary/aromatic N) is 2. The summed E-state index contributed by atoms with van der Waals surface area (Å²) in [6.07, 6.45) is 3.39. The molecule has 0 aliphatic carbocycles. The Labute approximate surface area is 153 Å². The van der Waals surface area contributed by atoms with Gasteiger partial charge >= 0.3 is 0 Å². The fraction of sp³-hybridized carbons (Fsp3) is 0.222. The number of carbonyl (C=O) groups excluding carboxylic acids is 1. The van der Waals surface area contributed by atoms with Gasteiger partial charge in [0.05, 0.1) is 16.4 Å². The molecule has 1 aromatic carbocycles. The second-order valence-electron chi connectivity index (χ2n) is 5.44. The van der Waals surface area contributed by atoms with Crippen molar-refractivity contribution >= 4 is 21.8 Å². The number of carbonyl (C=O) groups is 1. The van der Waals surface area contributed by atoms with Gasteiger partial charge in [0.2, 0.25) is 5.88 Å². The van der Waals surface area contributed by atoms with Crippen LogP contribution in [0.25, 0.3) is 5.69 Å². The Morgan fingerprint density at radius 3 is 2.84 bits per heavy atom. The number of amides is 1. The minimum absolute atomic E-state index is 0.201. The summed E-state index contributed by atoms with van der Waals surface area (Å²) in [4.78, 5) is 12.1. The van der Waals surface area contributed by atoms with E-state index in [2.05, 4.69) is 26.3 Å². The van der Waals surface area contributed by atoms with Crippen LogP contribution in [-0.4, -0.2) is 28.3 Å². The van der Waals surface area contributed by atoms with Crippen LogP contribution in [0.4, 0.5) is 0 Å². The van der Waals surface area contributed by atoms with Crippen LogP contribution in [0.15, 0.2) is 63.8 Å². The summed E-state index contributed by atoms with van der Waals surface area (Å²) < 4.78 is 13.3. The second kappa shape index (κ2) is 8.02. The van der Waals surface area contributed by atoms with Gasteiger partial charge in [-0.25, -0.2) is 4.68 Å². The van der Waals surface area contributed by atoms with Gasteiger partial charge in [0.1, 0.15) is 5.76 Å². The van der Waals surface area contributed by atoms with Crippen molar-refractivity contribution in [1.29, 1.82) is 0 Å². The monoisotopic (exact) mass is 403 g/mol. The zero-order valence-corrected chi connectivity index (χ0v) is 15.3. The molecular formula is C18H18BrN3O3. The van der Waals surface area contributed by atoms with Crippen molar-refractivity contribution in [2.24, 2.45) is 0 Å². The number of hydrogen-bond acceptors (Lipinski definition) is 4. The van der Waals surface area contributed by atoms with Gasteiger partial charge in [-0.1, -0.05) is 18.2 Å². The number of halogens is 1. The quantitative estimate of drug-likeness (QED) is 0.656. The molecule has 1 atom stereocenters. The van der Waals surface area contributed by atoms with Crippen molar-refractivity contribution in [2.75, 3.05) is 6.54 Å². The molecule has 0 radical (unpaired) electrons. The first kappa shape index (κ1) is 17.3. The van der Waals surface area contributed by atoms with E-state index in [1.54, 1.807) is 24.1 Å². The lowest BCUT2D eigenvalue weighted by atomic mass is 10.3.